The molecule has 0 atom stereocenters. The summed E-state index contributed by atoms with van der Waals surface area (Å²) in [6.07, 6.45) is 8.20. The molecule has 0 aliphatic heterocycles. The normalized spacial score (nSPS) is 14.5. The predicted octanol–water partition coefficient (Wildman–Crippen LogP) is 5.73. The zero-order valence-corrected chi connectivity index (χ0v) is 22.6. The van der Waals surface area contributed by atoms with E-state index in [4.69, 9.17) is 15.2 Å². The molecule has 11 nitrogen and oxygen atoms in total. The highest BCUT2D eigenvalue weighted by Crippen LogP contribution is 2.42. The van der Waals surface area contributed by atoms with Crippen LogP contribution in [0.1, 0.15) is 66.8 Å². The molecule has 1 aliphatic carbocycles. The molecule has 2 amide bonds. The van der Waals surface area contributed by atoms with Crippen LogP contribution in [0.25, 0.3) is 27.9 Å². The number of imidazole rings is 1. The van der Waals surface area contributed by atoms with Gasteiger partial charge in [-0.15, -0.1) is 0 Å². The summed E-state index contributed by atoms with van der Waals surface area (Å²) in [5.74, 6) is 0.0802. The lowest BCUT2D eigenvalue weighted by Gasteiger charge is -2.29. The molecule has 1 fully saturated rings. The van der Waals surface area contributed by atoms with Crippen LogP contribution in [-0.4, -0.2) is 47.3 Å². The minimum absolute atomic E-state index is 0.0802. The maximum Gasteiger partial charge on any atom is 0.425 e. The molecule has 0 aromatic carbocycles. The van der Waals surface area contributed by atoms with E-state index in [-0.39, 0.29) is 11.9 Å². The van der Waals surface area contributed by atoms with E-state index in [2.05, 4.69) is 19.5 Å². The number of hydrogen-bond acceptors (Lipinski definition) is 8. The van der Waals surface area contributed by atoms with Gasteiger partial charge in [0.05, 0.1) is 16.8 Å². The van der Waals surface area contributed by atoms with E-state index >= 15 is 0 Å². The van der Waals surface area contributed by atoms with Crippen molar-refractivity contribution in [2.75, 3.05) is 10.6 Å². The topological polar surface area (TPSA) is 130 Å². The average molecular weight is 520 g/mol. The number of rotatable bonds is 3. The molecular weight excluding hydrogens is 486 g/mol. The number of amides is 2. The molecule has 0 spiro atoms. The van der Waals surface area contributed by atoms with E-state index in [1.54, 1.807) is 53.8 Å². The molecule has 0 saturated heterocycles. The third-order valence-electron chi connectivity index (χ3n) is 6.28. The molecule has 4 heterocycles. The first-order valence-corrected chi connectivity index (χ1v) is 12.7. The number of fused-ring (bicyclic) bond motifs is 2. The van der Waals surface area contributed by atoms with Crippen LogP contribution >= 0.6 is 0 Å². The van der Waals surface area contributed by atoms with Gasteiger partial charge in [0.25, 0.3) is 0 Å². The van der Waals surface area contributed by atoms with E-state index in [1.165, 1.54) is 6.33 Å². The molecule has 11 heteroatoms. The third-order valence-corrected chi connectivity index (χ3v) is 6.28. The van der Waals surface area contributed by atoms with Crippen molar-refractivity contribution in [2.45, 2.75) is 78.0 Å². The lowest BCUT2D eigenvalue weighted by atomic mass is 9.93. The highest BCUT2D eigenvalue weighted by Gasteiger charge is 2.37. The van der Waals surface area contributed by atoms with Crippen molar-refractivity contribution >= 4 is 40.4 Å². The Balaban J connectivity index is 1.78. The van der Waals surface area contributed by atoms with Gasteiger partial charge in [0.1, 0.15) is 23.2 Å². The highest BCUT2D eigenvalue weighted by atomic mass is 16.6. The van der Waals surface area contributed by atoms with Crippen LogP contribution in [0.2, 0.25) is 0 Å². The van der Waals surface area contributed by atoms with Crippen LogP contribution in [0.5, 0.6) is 0 Å². The number of imide groups is 1. The largest absolute Gasteiger partial charge is 0.443 e. The Hall–Kier alpha value is -4.15. The van der Waals surface area contributed by atoms with Crippen LogP contribution in [0.3, 0.4) is 0 Å². The maximum absolute atomic E-state index is 13.5. The van der Waals surface area contributed by atoms with Crippen molar-refractivity contribution in [2.24, 2.45) is 0 Å². The van der Waals surface area contributed by atoms with Crippen LogP contribution in [-0.2, 0) is 9.47 Å². The molecule has 4 aromatic rings. The van der Waals surface area contributed by atoms with E-state index in [9.17, 15) is 9.59 Å². The number of ether oxygens (including phenoxy) is 2. The van der Waals surface area contributed by atoms with Crippen molar-refractivity contribution in [3.63, 3.8) is 0 Å². The number of hydrogen-bond donors (Lipinski definition) is 1. The summed E-state index contributed by atoms with van der Waals surface area (Å²) in [4.78, 5) is 41.3. The first-order valence-electron chi connectivity index (χ1n) is 12.7. The summed E-state index contributed by atoms with van der Waals surface area (Å²) < 4.78 is 15.2. The molecule has 0 bridgehead atoms. The molecule has 0 radical (unpaired) electrons. The molecule has 1 saturated carbocycles. The Kier molecular flexibility index (Phi) is 6.04. The fourth-order valence-corrected chi connectivity index (χ4v) is 4.49. The van der Waals surface area contributed by atoms with Crippen LogP contribution in [0.4, 0.5) is 21.1 Å². The second-order valence-corrected chi connectivity index (χ2v) is 11.5. The van der Waals surface area contributed by atoms with Crippen LogP contribution in [0, 0.1) is 0 Å². The Labute approximate surface area is 220 Å². The van der Waals surface area contributed by atoms with Crippen molar-refractivity contribution < 1.29 is 19.1 Å². The van der Waals surface area contributed by atoms with Crippen molar-refractivity contribution in [1.29, 1.82) is 0 Å². The number of carbonyl (C=O) groups excluding carboxylic acids is 2. The quantitative estimate of drug-likeness (QED) is 0.363. The van der Waals surface area contributed by atoms with Crippen LogP contribution < -0.4 is 10.6 Å². The molecular formula is C27H33N7O4. The van der Waals surface area contributed by atoms with Crippen molar-refractivity contribution in [3.8, 4) is 11.3 Å². The van der Waals surface area contributed by atoms with Gasteiger partial charge in [-0.2, -0.15) is 4.90 Å². The molecule has 38 heavy (non-hydrogen) atoms. The zero-order chi connectivity index (χ0) is 27.4. The number of nitrogens with two attached hydrogens (primary N) is 1. The van der Waals surface area contributed by atoms with Gasteiger partial charge < -0.3 is 19.8 Å². The summed E-state index contributed by atoms with van der Waals surface area (Å²) in [7, 11) is 0. The average Bonchev–Trinajstić information content (AvgIpc) is 3.38. The SMILES string of the molecule is CC(C)(C)OC(=O)N(C(=O)OC(C)(C)C)c1ncnc2c1c(-c1ccc(N)c3nccn13)cn2C1CCC1. The van der Waals surface area contributed by atoms with Crippen molar-refractivity contribution in [3.05, 3.63) is 37.1 Å². The maximum atomic E-state index is 13.5. The predicted molar refractivity (Wildman–Crippen MR) is 144 cm³/mol. The van der Waals surface area contributed by atoms with E-state index in [0.717, 1.165) is 35.4 Å². The summed E-state index contributed by atoms with van der Waals surface area (Å²) >= 11 is 0. The third kappa shape index (κ3) is 4.64. The summed E-state index contributed by atoms with van der Waals surface area (Å²) in [5, 5.41) is 0.524. The van der Waals surface area contributed by atoms with Gasteiger partial charge in [0, 0.05) is 30.2 Å². The molecule has 4 aromatic heterocycles. The van der Waals surface area contributed by atoms with Gasteiger partial charge >= 0.3 is 12.2 Å². The summed E-state index contributed by atoms with van der Waals surface area (Å²) in [6.45, 7) is 10.4. The smallest absolute Gasteiger partial charge is 0.425 e. The minimum atomic E-state index is -0.890. The fraction of sp³-hybridized carbons (Fsp3) is 0.444. The lowest BCUT2D eigenvalue weighted by Crippen LogP contribution is -2.44. The molecule has 2 N–H and O–H groups in total. The van der Waals surface area contributed by atoms with E-state index in [1.807, 2.05) is 22.9 Å². The Morgan fingerprint density at radius 2 is 1.63 bits per heavy atom. The van der Waals surface area contributed by atoms with Crippen molar-refractivity contribution in [1.82, 2.24) is 23.9 Å². The number of nitrogen functional groups attached to an aromatic ring is 1. The van der Waals surface area contributed by atoms with Gasteiger partial charge in [-0.05, 0) is 72.9 Å². The fourth-order valence-electron chi connectivity index (χ4n) is 4.49. The number of carbonyl (C=O) groups is 2. The summed E-state index contributed by atoms with van der Waals surface area (Å²) in [6, 6.07) is 3.91. The first-order chi connectivity index (χ1) is 17.8. The van der Waals surface area contributed by atoms with Gasteiger partial charge in [0.2, 0.25) is 0 Å². The van der Waals surface area contributed by atoms with Gasteiger partial charge in [-0.1, -0.05) is 0 Å². The zero-order valence-electron chi connectivity index (χ0n) is 22.6. The number of anilines is 2. The van der Waals surface area contributed by atoms with Gasteiger partial charge in [-0.25, -0.2) is 24.5 Å². The number of pyridine rings is 1. The molecule has 200 valence electrons. The first kappa shape index (κ1) is 25.5. The Bertz CT molecular complexity index is 1510. The summed E-state index contributed by atoms with van der Waals surface area (Å²) in [5.41, 5.74) is 7.69. The second-order valence-electron chi connectivity index (χ2n) is 11.5. The Morgan fingerprint density at radius 3 is 2.21 bits per heavy atom. The minimum Gasteiger partial charge on any atom is -0.443 e. The standard InChI is InChI=1S/C27H33N7O4/c1-26(2,3)37-24(35)34(25(36)38-27(4,5)6)23-20-17(19-11-10-18(28)21-29-12-13-32(19)21)14-33(16-8-7-9-16)22(20)30-15-31-23/h10-16H,7-9,28H2,1-6H3. The number of aromatic nitrogens is 5. The Morgan fingerprint density at radius 1 is 0.974 bits per heavy atom. The monoisotopic (exact) mass is 519 g/mol. The van der Waals surface area contributed by atoms with E-state index < -0.39 is 23.4 Å². The second kappa shape index (κ2) is 9.00. The lowest BCUT2D eigenvalue weighted by molar-refractivity contribution is 0.0429. The van der Waals surface area contributed by atoms with Gasteiger partial charge in [0.15, 0.2) is 11.5 Å². The molecule has 1 aliphatic rings. The molecule has 5 rings (SSSR count). The highest BCUT2D eigenvalue weighted by molar-refractivity contribution is 6.16. The van der Waals surface area contributed by atoms with Crippen LogP contribution in [0.15, 0.2) is 37.1 Å². The van der Waals surface area contributed by atoms with E-state index in [0.29, 0.717) is 22.4 Å². The molecule has 0 unspecified atom stereocenters. The number of nitrogens with zero attached hydrogens (tertiary/aromatic N) is 6. The van der Waals surface area contributed by atoms with Gasteiger partial charge in [-0.3, -0.25) is 4.40 Å².